The van der Waals surface area contributed by atoms with Gasteiger partial charge in [-0.1, -0.05) is 13.8 Å². The average Bonchev–Trinajstić information content (AvgIpc) is 2.82. The van der Waals surface area contributed by atoms with Gasteiger partial charge in [-0.15, -0.1) is 0 Å². The van der Waals surface area contributed by atoms with Crippen LogP contribution in [0, 0.1) is 11.8 Å². The highest BCUT2D eigenvalue weighted by Crippen LogP contribution is 2.33. The molecule has 1 N–H and O–H groups in total. The number of hydrogen-bond donors (Lipinski definition) is 1. The third-order valence-electron chi connectivity index (χ3n) is 4.59. The molecule has 1 aliphatic carbocycles. The van der Waals surface area contributed by atoms with Crippen molar-refractivity contribution >= 4 is 0 Å². The van der Waals surface area contributed by atoms with Crippen LogP contribution >= 0.6 is 0 Å². The van der Waals surface area contributed by atoms with Crippen LogP contribution in [0.25, 0.3) is 0 Å². The maximum absolute atomic E-state index is 5.75. The van der Waals surface area contributed by atoms with Crippen LogP contribution < -0.4 is 5.32 Å². The summed E-state index contributed by atoms with van der Waals surface area (Å²) >= 11 is 0. The van der Waals surface area contributed by atoms with E-state index in [9.17, 15) is 0 Å². The summed E-state index contributed by atoms with van der Waals surface area (Å²) in [5.41, 5.74) is 0. The quantitative estimate of drug-likeness (QED) is 0.794. The number of rotatable bonds is 5. The molecule has 0 amide bonds. The van der Waals surface area contributed by atoms with Gasteiger partial charge < -0.3 is 10.1 Å². The van der Waals surface area contributed by atoms with E-state index < -0.39 is 0 Å². The maximum atomic E-state index is 5.75. The van der Waals surface area contributed by atoms with E-state index >= 15 is 0 Å². The Bertz CT molecular complexity index is 213. The van der Waals surface area contributed by atoms with Crippen molar-refractivity contribution in [3.63, 3.8) is 0 Å². The molecule has 4 unspecified atom stereocenters. The van der Waals surface area contributed by atoms with Crippen LogP contribution in [0.5, 0.6) is 0 Å². The second-order valence-corrected chi connectivity index (χ2v) is 6.05. The van der Waals surface area contributed by atoms with Gasteiger partial charge in [0, 0.05) is 12.6 Å². The van der Waals surface area contributed by atoms with Crippen molar-refractivity contribution in [3.05, 3.63) is 0 Å². The predicted octanol–water partition coefficient (Wildman–Crippen LogP) is 3.36. The molecule has 0 spiro atoms. The number of hydrogen-bond acceptors (Lipinski definition) is 2. The van der Waals surface area contributed by atoms with Crippen LogP contribution in [0.3, 0.4) is 0 Å². The van der Waals surface area contributed by atoms with Gasteiger partial charge in [0.2, 0.25) is 0 Å². The van der Waals surface area contributed by atoms with Crippen LogP contribution in [-0.4, -0.2) is 25.3 Å². The Kier molecular flexibility index (Phi) is 5.30. The van der Waals surface area contributed by atoms with E-state index in [0.717, 1.165) is 31.0 Å². The molecule has 1 saturated heterocycles. The second-order valence-electron chi connectivity index (χ2n) is 6.05. The van der Waals surface area contributed by atoms with Gasteiger partial charge in [-0.3, -0.25) is 0 Å². The van der Waals surface area contributed by atoms with Gasteiger partial charge in [-0.25, -0.2) is 0 Å². The lowest BCUT2D eigenvalue weighted by atomic mass is 9.76. The molecule has 2 aliphatic rings. The first-order chi connectivity index (χ1) is 8.29. The number of ether oxygens (including phenoxy) is 1. The Morgan fingerprint density at radius 3 is 2.76 bits per heavy atom. The summed E-state index contributed by atoms with van der Waals surface area (Å²) < 4.78 is 5.75. The monoisotopic (exact) mass is 239 g/mol. The zero-order valence-corrected chi connectivity index (χ0v) is 11.6. The minimum atomic E-state index is 0.578. The molecule has 0 radical (unpaired) electrons. The zero-order valence-electron chi connectivity index (χ0n) is 11.6. The molecule has 100 valence electrons. The van der Waals surface area contributed by atoms with Gasteiger partial charge in [-0.2, -0.15) is 0 Å². The fraction of sp³-hybridized carbons (Fsp3) is 1.00. The van der Waals surface area contributed by atoms with E-state index in [0.29, 0.717) is 6.10 Å². The molecule has 0 aromatic rings. The van der Waals surface area contributed by atoms with Gasteiger partial charge in [0.25, 0.3) is 0 Å². The van der Waals surface area contributed by atoms with Gasteiger partial charge in [0.05, 0.1) is 6.10 Å². The molecule has 1 heterocycles. The van der Waals surface area contributed by atoms with E-state index in [-0.39, 0.29) is 0 Å². The molecule has 4 atom stereocenters. The summed E-state index contributed by atoms with van der Waals surface area (Å²) in [6.07, 6.45) is 10.0. The summed E-state index contributed by atoms with van der Waals surface area (Å²) in [5.74, 6) is 1.82. The molecule has 0 aromatic carbocycles. The van der Waals surface area contributed by atoms with Gasteiger partial charge in [0.1, 0.15) is 0 Å². The number of nitrogens with one attached hydrogen (secondary N) is 1. The molecule has 2 nitrogen and oxygen atoms in total. The molecule has 17 heavy (non-hydrogen) atoms. The third-order valence-corrected chi connectivity index (χ3v) is 4.59. The molecular formula is C15H29NO. The van der Waals surface area contributed by atoms with Gasteiger partial charge in [-0.05, 0) is 63.3 Å². The SMILES string of the molecule is CCNC1CCC(C)CC1CCC1CCCO1. The van der Waals surface area contributed by atoms with Crippen molar-refractivity contribution in [2.24, 2.45) is 11.8 Å². The Balaban J connectivity index is 1.77. The van der Waals surface area contributed by atoms with E-state index in [4.69, 9.17) is 4.74 Å². The van der Waals surface area contributed by atoms with E-state index in [1.807, 2.05) is 0 Å². The fourth-order valence-corrected chi connectivity index (χ4v) is 3.62. The van der Waals surface area contributed by atoms with Crippen molar-refractivity contribution in [1.82, 2.24) is 5.32 Å². The minimum Gasteiger partial charge on any atom is -0.378 e. The van der Waals surface area contributed by atoms with Crippen molar-refractivity contribution in [1.29, 1.82) is 0 Å². The first-order valence-electron chi connectivity index (χ1n) is 7.64. The van der Waals surface area contributed by atoms with Crippen LogP contribution in [0.2, 0.25) is 0 Å². The molecule has 1 saturated carbocycles. The van der Waals surface area contributed by atoms with Crippen LogP contribution in [0.4, 0.5) is 0 Å². The fourth-order valence-electron chi connectivity index (χ4n) is 3.62. The lowest BCUT2D eigenvalue weighted by Crippen LogP contribution is -2.40. The Morgan fingerprint density at radius 1 is 1.18 bits per heavy atom. The van der Waals surface area contributed by atoms with Crippen molar-refractivity contribution in [2.75, 3.05) is 13.2 Å². The lowest BCUT2D eigenvalue weighted by Gasteiger charge is -2.36. The Labute approximate surface area is 107 Å². The second kappa shape index (κ2) is 6.75. The molecule has 0 aromatic heterocycles. The first-order valence-corrected chi connectivity index (χ1v) is 7.64. The lowest BCUT2D eigenvalue weighted by molar-refractivity contribution is 0.0897. The smallest absolute Gasteiger partial charge is 0.0576 e. The summed E-state index contributed by atoms with van der Waals surface area (Å²) in [6, 6.07) is 0.776. The molecule has 2 heteroatoms. The Morgan fingerprint density at radius 2 is 2.06 bits per heavy atom. The highest BCUT2D eigenvalue weighted by molar-refractivity contribution is 4.84. The minimum absolute atomic E-state index is 0.578. The van der Waals surface area contributed by atoms with E-state index in [2.05, 4.69) is 19.2 Å². The predicted molar refractivity (Wildman–Crippen MR) is 72.2 cm³/mol. The van der Waals surface area contributed by atoms with Gasteiger partial charge >= 0.3 is 0 Å². The molecular weight excluding hydrogens is 210 g/mol. The van der Waals surface area contributed by atoms with E-state index in [1.54, 1.807) is 0 Å². The van der Waals surface area contributed by atoms with Crippen LogP contribution in [0.15, 0.2) is 0 Å². The summed E-state index contributed by atoms with van der Waals surface area (Å²) in [5, 5.41) is 3.69. The van der Waals surface area contributed by atoms with Crippen molar-refractivity contribution in [2.45, 2.75) is 70.9 Å². The van der Waals surface area contributed by atoms with Crippen LogP contribution in [-0.2, 0) is 4.74 Å². The summed E-state index contributed by atoms with van der Waals surface area (Å²) in [6.45, 7) is 6.77. The molecule has 0 bridgehead atoms. The molecule has 2 fully saturated rings. The first kappa shape index (κ1) is 13.4. The largest absolute Gasteiger partial charge is 0.378 e. The average molecular weight is 239 g/mol. The topological polar surface area (TPSA) is 21.3 Å². The summed E-state index contributed by atoms with van der Waals surface area (Å²) in [4.78, 5) is 0. The van der Waals surface area contributed by atoms with E-state index in [1.165, 1.54) is 44.9 Å². The highest BCUT2D eigenvalue weighted by atomic mass is 16.5. The standard InChI is InChI=1S/C15H29NO/c1-3-16-15-9-6-12(2)11-13(15)7-8-14-5-4-10-17-14/h12-16H,3-11H2,1-2H3. The van der Waals surface area contributed by atoms with Gasteiger partial charge in [0.15, 0.2) is 0 Å². The van der Waals surface area contributed by atoms with Crippen molar-refractivity contribution in [3.8, 4) is 0 Å². The normalized spacial score (nSPS) is 38.5. The summed E-state index contributed by atoms with van der Waals surface area (Å²) in [7, 11) is 0. The maximum Gasteiger partial charge on any atom is 0.0576 e. The zero-order chi connectivity index (χ0) is 12.1. The highest BCUT2D eigenvalue weighted by Gasteiger charge is 2.28. The third kappa shape index (κ3) is 3.96. The van der Waals surface area contributed by atoms with Crippen molar-refractivity contribution < 1.29 is 4.74 Å². The molecule has 2 rings (SSSR count). The Hall–Kier alpha value is -0.0800. The van der Waals surface area contributed by atoms with Crippen LogP contribution in [0.1, 0.15) is 58.8 Å². The molecule has 1 aliphatic heterocycles.